The maximum Gasteiger partial charge on any atom is 0.411 e. The molecule has 0 bridgehead atoms. The highest BCUT2D eigenvalue weighted by molar-refractivity contribution is 7.92. The number of nitrogens with one attached hydrogen (secondary N) is 2. The van der Waals surface area contributed by atoms with Crippen LogP contribution in [0.25, 0.3) is 0 Å². The van der Waals surface area contributed by atoms with Gasteiger partial charge in [-0.3, -0.25) is 14.4 Å². The molecule has 0 spiro atoms. The van der Waals surface area contributed by atoms with Gasteiger partial charge in [0.25, 0.3) is 15.9 Å². The highest BCUT2D eigenvalue weighted by atomic mass is 32.2. The predicted octanol–water partition coefficient (Wildman–Crippen LogP) is 4.44. The van der Waals surface area contributed by atoms with E-state index in [9.17, 15) is 31.2 Å². The van der Waals surface area contributed by atoms with Crippen molar-refractivity contribution in [2.45, 2.75) is 35.7 Å². The lowest BCUT2D eigenvalue weighted by molar-refractivity contribution is -0.119. The Balaban J connectivity index is 1.37. The van der Waals surface area contributed by atoms with Crippen molar-refractivity contribution >= 4 is 33.4 Å². The minimum Gasteiger partial charge on any atom is -0.484 e. The molecule has 41 heavy (non-hydrogen) atoms. The highest BCUT2D eigenvalue weighted by Gasteiger charge is 2.72. The average Bonchev–Trinajstić information content (AvgIpc) is 3.52. The number of carbonyl (C=O) groups excluding carboxylic acids is 2. The van der Waals surface area contributed by atoms with Crippen molar-refractivity contribution in [2.24, 2.45) is 0 Å². The summed E-state index contributed by atoms with van der Waals surface area (Å²) in [6.07, 6.45) is -2.21. The number of benzene rings is 3. The van der Waals surface area contributed by atoms with Gasteiger partial charge >= 0.3 is 6.09 Å². The SMILES string of the molecule is CC(=O)NCC1CN(S(=O)(=O)c2ccc(F)cc2)c2cc(NC(=O)OCC3(c4ccccc4)CC3(F)F)ccc2O1. The molecule has 216 valence electrons. The van der Waals surface area contributed by atoms with E-state index < -0.39 is 52.4 Å². The Morgan fingerprint density at radius 3 is 2.39 bits per heavy atom. The second-order valence-electron chi connectivity index (χ2n) is 9.88. The first-order valence-electron chi connectivity index (χ1n) is 12.6. The van der Waals surface area contributed by atoms with Gasteiger partial charge in [0.1, 0.15) is 24.3 Å². The number of nitrogens with zero attached hydrogens (tertiary/aromatic N) is 1. The second kappa shape index (κ2) is 10.6. The fourth-order valence-electron chi connectivity index (χ4n) is 4.70. The molecule has 3 aromatic carbocycles. The third kappa shape index (κ3) is 5.67. The number of carbonyl (C=O) groups is 2. The number of alkyl halides is 2. The molecule has 1 aliphatic carbocycles. The van der Waals surface area contributed by atoms with Gasteiger partial charge in [-0.2, -0.15) is 0 Å². The third-order valence-electron chi connectivity index (χ3n) is 6.99. The van der Waals surface area contributed by atoms with Crippen molar-refractivity contribution in [1.82, 2.24) is 5.32 Å². The Morgan fingerprint density at radius 2 is 1.76 bits per heavy atom. The van der Waals surface area contributed by atoms with Crippen LogP contribution in [0.3, 0.4) is 0 Å². The molecule has 0 saturated heterocycles. The first-order valence-corrected chi connectivity index (χ1v) is 14.1. The lowest BCUT2D eigenvalue weighted by Crippen LogP contribution is -2.48. The molecule has 0 radical (unpaired) electrons. The zero-order valence-corrected chi connectivity index (χ0v) is 22.6. The van der Waals surface area contributed by atoms with E-state index >= 15 is 0 Å². The Morgan fingerprint density at radius 1 is 1.07 bits per heavy atom. The van der Waals surface area contributed by atoms with Crippen molar-refractivity contribution in [2.75, 3.05) is 29.3 Å². The number of sulfonamides is 1. The quantitative estimate of drug-likeness (QED) is 0.402. The monoisotopic (exact) mass is 589 g/mol. The Kier molecular flexibility index (Phi) is 7.32. The molecular weight excluding hydrogens is 563 g/mol. The van der Waals surface area contributed by atoms with Gasteiger partial charge < -0.3 is 14.8 Å². The van der Waals surface area contributed by atoms with Crippen molar-refractivity contribution in [1.29, 1.82) is 0 Å². The van der Waals surface area contributed by atoms with Gasteiger partial charge in [0.05, 0.1) is 29.1 Å². The number of hydrogen-bond donors (Lipinski definition) is 2. The topological polar surface area (TPSA) is 114 Å². The van der Waals surface area contributed by atoms with Crippen LogP contribution >= 0.6 is 0 Å². The molecule has 1 heterocycles. The van der Waals surface area contributed by atoms with Gasteiger partial charge in [-0.25, -0.2) is 26.4 Å². The molecule has 2 N–H and O–H groups in total. The number of hydrogen-bond acceptors (Lipinski definition) is 6. The van der Waals surface area contributed by atoms with Crippen LogP contribution in [0.2, 0.25) is 0 Å². The molecule has 0 aromatic heterocycles. The van der Waals surface area contributed by atoms with Crippen LogP contribution in [0.1, 0.15) is 18.9 Å². The highest BCUT2D eigenvalue weighted by Crippen LogP contribution is 2.61. The van der Waals surface area contributed by atoms with Crippen LogP contribution in [0.15, 0.2) is 77.7 Å². The van der Waals surface area contributed by atoms with Crippen LogP contribution in [0.4, 0.5) is 29.3 Å². The molecule has 1 fully saturated rings. The maximum atomic E-state index is 14.3. The van der Waals surface area contributed by atoms with Crippen LogP contribution in [-0.2, 0) is 25.0 Å². The zero-order chi connectivity index (χ0) is 29.4. The third-order valence-corrected chi connectivity index (χ3v) is 8.79. The summed E-state index contributed by atoms with van der Waals surface area (Å²) in [6, 6.07) is 16.6. The minimum absolute atomic E-state index is 0.0182. The fraction of sp³-hybridized carbons (Fsp3) is 0.286. The molecule has 2 atom stereocenters. The van der Waals surface area contributed by atoms with E-state index in [1.54, 1.807) is 30.3 Å². The van der Waals surface area contributed by atoms with Crippen molar-refractivity contribution < 1.29 is 40.7 Å². The standard InChI is InChI=1S/C28H26F3N3O6S/c1-18(35)32-14-22-15-34(41(37,38)23-10-7-20(29)8-11-23)24-13-21(9-12-25(24)40-22)33-26(36)39-17-27(16-28(27,30)31)19-5-3-2-4-6-19/h2-13,22H,14-17H2,1H3,(H,32,35)(H,33,36). The van der Waals surface area contributed by atoms with Crippen LogP contribution < -0.4 is 19.7 Å². The van der Waals surface area contributed by atoms with E-state index in [1.165, 1.54) is 25.1 Å². The van der Waals surface area contributed by atoms with E-state index in [4.69, 9.17) is 9.47 Å². The molecule has 2 aliphatic rings. The Bertz CT molecular complexity index is 1570. The molecular formula is C28H26F3N3O6S. The van der Waals surface area contributed by atoms with Gasteiger partial charge in [0.15, 0.2) is 0 Å². The summed E-state index contributed by atoms with van der Waals surface area (Å²) in [5.74, 6) is -3.82. The summed E-state index contributed by atoms with van der Waals surface area (Å²) in [5.41, 5.74) is -1.06. The number of halogens is 3. The largest absolute Gasteiger partial charge is 0.484 e. The van der Waals surface area contributed by atoms with Crippen LogP contribution in [-0.4, -0.2) is 52.1 Å². The average molecular weight is 590 g/mol. The molecule has 9 nitrogen and oxygen atoms in total. The summed E-state index contributed by atoms with van der Waals surface area (Å²) in [6.45, 7) is 0.576. The molecule has 13 heteroatoms. The normalized spacial score (nSPS) is 20.8. The molecule has 5 rings (SSSR count). The van der Waals surface area contributed by atoms with Gasteiger partial charge in [-0.15, -0.1) is 0 Å². The number of rotatable bonds is 8. The Labute approximate surface area is 234 Å². The molecule has 3 aromatic rings. The molecule has 1 aliphatic heterocycles. The summed E-state index contributed by atoms with van der Waals surface area (Å²) in [5, 5.41) is 5.04. The first-order chi connectivity index (χ1) is 19.4. The number of amides is 2. The smallest absolute Gasteiger partial charge is 0.411 e. The van der Waals surface area contributed by atoms with Gasteiger partial charge in [-0.05, 0) is 48.0 Å². The summed E-state index contributed by atoms with van der Waals surface area (Å²) in [7, 11) is -4.23. The molecule has 2 amide bonds. The van der Waals surface area contributed by atoms with Crippen molar-refractivity contribution in [3.8, 4) is 5.75 Å². The van der Waals surface area contributed by atoms with Crippen molar-refractivity contribution in [3.63, 3.8) is 0 Å². The molecule has 2 unspecified atom stereocenters. The Hall–Kier alpha value is -4.26. The van der Waals surface area contributed by atoms with Crippen LogP contribution in [0, 0.1) is 5.82 Å². The molecule has 1 saturated carbocycles. The number of anilines is 2. The second-order valence-corrected chi connectivity index (χ2v) is 11.7. The minimum atomic E-state index is -4.23. The summed E-state index contributed by atoms with van der Waals surface area (Å²) < 4.78 is 81.4. The lowest BCUT2D eigenvalue weighted by atomic mass is 9.96. The number of ether oxygens (including phenoxy) is 2. The van der Waals surface area contributed by atoms with Gasteiger partial charge in [-0.1, -0.05) is 30.3 Å². The lowest BCUT2D eigenvalue weighted by Gasteiger charge is -2.35. The van der Waals surface area contributed by atoms with E-state index in [-0.39, 0.29) is 41.0 Å². The van der Waals surface area contributed by atoms with E-state index in [2.05, 4.69) is 10.6 Å². The van der Waals surface area contributed by atoms with E-state index in [0.29, 0.717) is 5.56 Å². The first kappa shape index (κ1) is 28.3. The van der Waals surface area contributed by atoms with Gasteiger partial charge in [0.2, 0.25) is 5.91 Å². The summed E-state index contributed by atoms with van der Waals surface area (Å²) in [4.78, 5) is 23.9. The van der Waals surface area contributed by atoms with E-state index in [1.807, 2.05) is 0 Å². The fourth-order valence-corrected chi connectivity index (χ4v) is 6.20. The van der Waals surface area contributed by atoms with Crippen LogP contribution in [0.5, 0.6) is 5.75 Å². The van der Waals surface area contributed by atoms with E-state index in [0.717, 1.165) is 28.6 Å². The summed E-state index contributed by atoms with van der Waals surface area (Å²) >= 11 is 0. The number of fused-ring (bicyclic) bond motifs is 1. The maximum absolute atomic E-state index is 14.3. The van der Waals surface area contributed by atoms with Gasteiger partial charge in [0, 0.05) is 19.0 Å². The zero-order valence-electron chi connectivity index (χ0n) is 21.8. The van der Waals surface area contributed by atoms with Crippen molar-refractivity contribution in [3.05, 3.63) is 84.2 Å². The predicted molar refractivity (Wildman–Crippen MR) is 143 cm³/mol.